The number of carbonyl (C=O) groups excluding carboxylic acids is 3. The summed E-state index contributed by atoms with van der Waals surface area (Å²) in [5.41, 5.74) is 6.86. The minimum atomic E-state index is -1.23. The lowest BCUT2D eigenvalue weighted by Crippen LogP contribution is -2.59. The summed E-state index contributed by atoms with van der Waals surface area (Å²) in [5.74, 6) is -3.40. The maximum absolute atomic E-state index is 12.8. The summed E-state index contributed by atoms with van der Waals surface area (Å²) < 4.78 is 0. The smallest absolute Gasteiger partial charge is 0.327 e. The zero-order valence-electron chi connectivity index (χ0n) is 18.2. The second kappa shape index (κ2) is 14.0. The molecule has 6 N–H and O–H groups in total. The van der Waals surface area contributed by atoms with E-state index in [9.17, 15) is 19.2 Å². The van der Waals surface area contributed by atoms with Crippen LogP contribution in [0.25, 0.3) is 0 Å². The summed E-state index contributed by atoms with van der Waals surface area (Å²) >= 11 is 8.07. The molecule has 1 aromatic carbocycles. The number of carboxylic acids is 1. The second-order valence-electron chi connectivity index (χ2n) is 7.49. The molecule has 0 aliphatic rings. The fourth-order valence-electron chi connectivity index (χ4n) is 2.84. The van der Waals surface area contributed by atoms with Gasteiger partial charge in [0.1, 0.15) is 18.1 Å². The molecule has 0 saturated carbocycles. The Hall–Kier alpha value is -2.24. The Morgan fingerprint density at radius 3 is 2.00 bits per heavy atom. The van der Waals surface area contributed by atoms with Gasteiger partial charge >= 0.3 is 5.97 Å². The van der Waals surface area contributed by atoms with Gasteiger partial charge in [0.05, 0.1) is 6.04 Å². The third-order valence-corrected chi connectivity index (χ3v) is 5.77. The molecule has 11 heteroatoms. The van der Waals surface area contributed by atoms with Crippen LogP contribution in [0.1, 0.15) is 25.8 Å². The van der Waals surface area contributed by atoms with Gasteiger partial charge in [-0.25, -0.2) is 4.79 Å². The Bertz CT molecular complexity index is 781. The van der Waals surface area contributed by atoms with E-state index in [-0.39, 0.29) is 17.4 Å². The molecule has 0 heterocycles. The number of carbonyl (C=O) groups is 4. The molecule has 9 nitrogen and oxygen atoms in total. The molecule has 32 heavy (non-hydrogen) atoms. The van der Waals surface area contributed by atoms with Crippen molar-refractivity contribution in [2.75, 3.05) is 11.5 Å². The van der Waals surface area contributed by atoms with Crippen molar-refractivity contribution in [1.82, 2.24) is 16.0 Å². The Morgan fingerprint density at radius 1 is 0.938 bits per heavy atom. The average molecular weight is 485 g/mol. The number of hydrogen-bond donors (Lipinski definition) is 7. The number of nitrogens with one attached hydrogen (secondary N) is 3. The van der Waals surface area contributed by atoms with Crippen LogP contribution in [-0.4, -0.2) is 64.5 Å². The summed E-state index contributed by atoms with van der Waals surface area (Å²) in [6, 6.07) is 5.16. The maximum Gasteiger partial charge on any atom is 0.327 e. The Balaban J connectivity index is 2.81. The summed E-state index contributed by atoms with van der Waals surface area (Å²) in [4.78, 5) is 49.1. The first-order valence-electron chi connectivity index (χ1n) is 10.3. The van der Waals surface area contributed by atoms with Crippen LogP contribution in [0.2, 0.25) is 0 Å². The highest BCUT2D eigenvalue weighted by molar-refractivity contribution is 7.80. The van der Waals surface area contributed by atoms with Crippen molar-refractivity contribution in [3.8, 4) is 0 Å². The highest BCUT2D eigenvalue weighted by Crippen LogP contribution is 2.10. The van der Waals surface area contributed by atoms with Crippen LogP contribution >= 0.6 is 25.3 Å². The van der Waals surface area contributed by atoms with E-state index in [1.165, 1.54) is 0 Å². The summed E-state index contributed by atoms with van der Waals surface area (Å²) in [5, 5.41) is 16.7. The standard InChI is InChI=1S/C21H32N4O5S2/c1-3-12(2)17(20(28)24-16(11-32)21(29)30)25-19(27)15(10-31)23-18(26)14(22)9-13-7-5-4-6-8-13/h4-8,12,14-17,31-32H,3,9-11,22H2,1-2H3,(H,23,26)(H,24,28)(H,25,27)(H,29,30). The largest absolute Gasteiger partial charge is 0.480 e. The number of benzene rings is 1. The minimum absolute atomic E-state index is 0.0150. The van der Waals surface area contributed by atoms with Gasteiger partial charge in [-0.15, -0.1) is 0 Å². The van der Waals surface area contributed by atoms with Crippen LogP contribution in [-0.2, 0) is 25.6 Å². The number of hydrogen-bond acceptors (Lipinski definition) is 7. The van der Waals surface area contributed by atoms with E-state index < -0.39 is 47.9 Å². The lowest BCUT2D eigenvalue weighted by molar-refractivity contribution is -0.142. The molecule has 5 unspecified atom stereocenters. The van der Waals surface area contributed by atoms with Gasteiger partial charge in [-0.2, -0.15) is 25.3 Å². The predicted octanol–water partition coefficient (Wildman–Crippen LogP) is 0.00110. The molecular formula is C21H32N4O5S2. The molecule has 0 aromatic heterocycles. The van der Waals surface area contributed by atoms with Gasteiger partial charge in [-0.1, -0.05) is 50.6 Å². The maximum atomic E-state index is 12.8. The van der Waals surface area contributed by atoms with Crippen molar-refractivity contribution in [1.29, 1.82) is 0 Å². The molecule has 5 atom stereocenters. The second-order valence-corrected chi connectivity index (χ2v) is 8.22. The van der Waals surface area contributed by atoms with Crippen molar-refractivity contribution in [2.45, 2.75) is 50.9 Å². The molecule has 178 valence electrons. The van der Waals surface area contributed by atoms with Crippen LogP contribution in [0.5, 0.6) is 0 Å². The van der Waals surface area contributed by atoms with Gasteiger partial charge in [0.15, 0.2) is 0 Å². The highest BCUT2D eigenvalue weighted by atomic mass is 32.1. The minimum Gasteiger partial charge on any atom is -0.480 e. The number of carboxylic acid groups (broad SMARTS) is 1. The van der Waals surface area contributed by atoms with E-state index >= 15 is 0 Å². The molecule has 0 saturated heterocycles. The fraction of sp³-hybridized carbons (Fsp3) is 0.524. The van der Waals surface area contributed by atoms with Gasteiger partial charge in [-0.3, -0.25) is 14.4 Å². The van der Waals surface area contributed by atoms with Crippen LogP contribution in [0.15, 0.2) is 30.3 Å². The monoisotopic (exact) mass is 484 g/mol. The molecule has 0 aliphatic carbocycles. The summed E-state index contributed by atoms with van der Waals surface area (Å²) in [6.07, 6.45) is 0.850. The van der Waals surface area contributed by atoms with E-state index in [0.717, 1.165) is 5.56 Å². The van der Waals surface area contributed by atoms with Crippen molar-refractivity contribution in [3.63, 3.8) is 0 Å². The molecule has 0 radical (unpaired) electrons. The van der Waals surface area contributed by atoms with Crippen LogP contribution in [0.4, 0.5) is 0 Å². The number of thiol groups is 2. The van der Waals surface area contributed by atoms with Gasteiger partial charge in [0.2, 0.25) is 17.7 Å². The first-order valence-corrected chi connectivity index (χ1v) is 11.6. The van der Waals surface area contributed by atoms with Gasteiger partial charge in [0.25, 0.3) is 0 Å². The molecule has 0 aliphatic heterocycles. The van der Waals surface area contributed by atoms with E-state index in [0.29, 0.717) is 12.8 Å². The Kier molecular flexibility index (Phi) is 12.2. The van der Waals surface area contributed by atoms with Crippen LogP contribution in [0.3, 0.4) is 0 Å². The zero-order chi connectivity index (χ0) is 24.3. The van der Waals surface area contributed by atoms with Crippen LogP contribution < -0.4 is 21.7 Å². The number of nitrogens with two attached hydrogens (primary N) is 1. The molecule has 0 fully saturated rings. The fourth-order valence-corrected chi connectivity index (χ4v) is 3.34. The first-order chi connectivity index (χ1) is 15.1. The normalized spacial score (nSPS) is 15.5. The topological polar surface area (TPSA) is 151 Å². The van der Waals surface area contributed by atoms with Crippen molar-refractivity contribution in [3.05, 3.63) is 35.9 Å². The first kappa shape index (κ1) is 27.8. The van der Waals surface area contributed by atoms with Gasteiger partial charge < -0.3 is 26.8 Å². The lowest BCUT2D eigenvalue weighted by Gasteiger charge is -2.27. The highest BCUT2D eigenvalue weighted by Gasteiger charge is 2.32. The van der Waals surface area contributed by atoms with Gasteiger partial charge in [-0.05, 0) is 17.9 Å². The third-order valence-electron chi connectivity index (χ3n) is 5.04. The van der Waals surface area contributed by atoms with E-state index in [4.69, 9.17) is 10.8 Å². The molecule has 0 spiro atoms. The van der Waals surface area contributed by atoms with E-state index in [1.807, 2.05) is 37.3 Å². The lowest BCUT2D eigenvalue weighted by atomic mass is 9.97. The molecule has 3 amide bonds. The molecular weight excluding hydrogens is 452 g/mol. The van der Waals surface area contributed by atoms with Crippen molar-refractivity contribution in [2.24, 2.45) is 11.7 Å². The number of amides is 3. The number of rotatable bonds is 13. The third kappa shape index (κ3) is 8.71. The molecule has 1 aromatic rings. The van der Waals surface area contributed by atoms with E-state index in [1.54, 1.807) is 6.92 Å². The SMILES string of the molecule is CCC(C)C(NC(=O)C(CS)NC(=O)C(N)Cc1ccccc1)C(=O)NC(CS)C(=O)O. The Morgan fingerprint density at radius 2 is 1.50 bits per heavy atom. The zero-order valence-corrected chi connectivity index (χ0v) is 19.9. The predicted molar refractivity (Wildman–Crippen MR) is 129 cm³/mol. The average Bonchev–Trinajstić information content (AvgIpc) is 2.78. The quantitative estimate of drug-likeness (QED) is 0.196. The number of aliphatic carboxylic acids is 1. The summed E-state index contributed by atoms with van der Waals surface area (Å²) in [6.45, 7) is 3.59. The van der Waals surface area contributed by atoms with Gasteiger partial charge in [0, 0.05) is 11.5 Å². The van der Waals surface area contributed by atoms with Crippen molar-refractivity contribution < 1.29 is 24.3 Å². The Labute approximate surface area is 199 Å². The van der Waals surface area contributed by atoms with Crippen molar-refractivity contribution >= 4 is 48.9 Å². The molecule has 1 rings (SSSR count). The summed E-state index contributed by atoms with van der Waals surface area (Å²) in [7, 11) is 0. The van der Waals surface area contributed by atoms with E-state index in [2.05, 4.69) is 41.2 Å². The van der Waals surface area contributed by atoms with Crippen LogP contribution in [0, 0.1) is 5.92 Å². The molecule has 0 bridgehead atoms.